The summed E-state index contributed by atoms with van der Waals surface area (Å²) in [5.74, 6) is 1.19. The molecule has 1 aromatic carbocycles. The highest BCUT2D eigenvalue weighted by Crippen LogP contribution is 2.10. The van der Waals surface area contributed by atoms with Crippen molar-refractivity contribution >= 4 is 21.9 Å². The first-order valence-corrected chi connectivity index (χ1v) is 10.7. The molecule has 0 saturated carbocycles. The number of benzene rings is 1. The van der Waals surface area contributed by atoms with Crippen LogP contribution in [0.2, 0.25) is 0 Å². The minimum atomic E-state index is -3.51. The zero-order valence-electron chi connectivity index (χ0n) is 16.6. The van der Waals surface area contributed by atoms with Gasteiger partial charge < -0.3 is 5.32 Å². The Morgan fingerprint density at radius 3 is 2.38 bits per heavy atom. The quantitative estimate of drug-likeness (QED) is 0.552. The normalized spacial score (nSPS) is 11.8. The van der Waals surface area contributed by atoms with Gasteiger partial charge >= 0.3 is 0 Å². The molecule has 0 saturated heterocycles. The summed E-state index contributed by atoms with van der Waals surface area (Å²) in [5.41, 5.74) is 3.85. The van der Waals surface area contributed by atoms with E-state index in [4.69, 9.17) is 0 Å². The number of hydrogen-bond acceptors (Lipinski definition) is 6. The van der Waals surface area contributed by atoms with Gasteiger partial charge in [0.25, 0.3) is 0 Å². The largest absolute Gasteiger partial charge is 0.367 e. The second-order valence-electron chi connectivity index (χ2n) is 6.70. The Kier molecular flexibility index (Phi) is 6.40. The van der Waals surface area contributed by atoms with Gasteiger partial charge in [-0.15, -0.1) is 10.2 Å². The van der Waals surface area contributed by atoms with Crippen molar-refractivity contribution in [1.82, 2.24) is 24.7 Å². The third kappa shape index (κ3) is 5.97. The van der Waals surface area contributed by atoms with Crippen molar-refractivity contribution in [2.45, 2.75) is 20.8 Å². The van der Waals surface area contributed by atoms with E-state index < -0.39 is 10.0 Å². The number of anilines is 1. The molecule has 8 nitrogen and oxygen atoms in total. The van der Waals surface area contributed by atoms with E-state index in [1.807, 2.05) is 57.2 Å². The first-order chi connectivity index (χ1) is 13.8. The standard InChI is InChI=1S/C20H24N6O2S/c1-15-4-6-18(7-5-15)10-13-29(27,28)22-12-11-21-19-8-9-20(24-23-19)26-17(3)14-16(2)25-26/h4-10,13-14,22H,11-12H2,1-3H3,(H,21,23)/b13-10+. The van der Waals surface area contributed by atoms with Crippen LogP contribution in [0.1, 0.15) is 22.5 Å². The van der Waals surface area contributed by atoms with Gasteiger partial charge in [0.1, 0.15) is 5.82 Å². The highest BCUT2D eigenvalue weighted by Gasteiger charge is 2.07. The van der Waals surface area contributed by atoms with E-state index in [0.29, 0.717) is 18.2 Å². The fourth-order valence-corrected chi connectivity index (χ4v) is 3.49. The van der Waals surface area contributed by atoms with Gasteiger partial charge in [-0.05, 0) is 50.6 Å². The van der Waals surface area contributed by atoms with Gasteiger partial charge in [-0.3, -0.25) is 0 Å². The minimum absolute atomic E-state index is 0.224. The number of nitrogens with one attached hydrogen (secondary N) is 2. The lowest BCUT2D eigenvalue weighted by Gasteiger charge is -2.07. The third-order valence-electron chi connectivity index (χ3n) is 4.13. The maximum atomic E-state index is 12.1. The summed E-state index contributed by atoms with van der Waals surface area (Å²) in [5, 5.41) is 16.8. The Morgan fingerprint density at radius 2 is 1.76 bits per heavy atom. The molecule has 2 N–H and O–H groups in total. The predicted molar refractivity (Wildman–Crippen MR) is 114 cm³/mol. The zero-order chi connectivity index (χ0) is 20.9. The molecule has 0 aliphatic carbocycles. The van der Waals surface area contributed by atoms with Crippen molar-refractivity contribution in [3.63, 3.8) is 0 Å². The predicted octanol–water partition coefficient (Wildman–Crippen LogP) is 2.59. The smallest absolute Gasteiger partial charge is 0.233 e. The van der Waals surface area contributed by atoms with Gasteiger partial charge in [0.2, 0.25) is 10.0 Å². The lowest BCUT2D eigenvalue weighted by Crippen LogP contribution is -2.27. The van der Waals surface area contributed by atoms with Crippen LogP contribution in [0.4, 0.5) is 5.82 Å². The van der Waals surface area contributed by atoms with Crippen molar-refractivity contribution in [2.24, 2.45) is 0 Å². The summed E-state index contributed by atoms with van der Waals surface area (Å²) < 4.78 is 28.4. The molecule has 29 heavy (non-hydrogen) atoms. The van der Waals surface area contributed by atoms with Crippen LogP contribution in [-0.2, 0) is 10.0 Å². The number of sulfonamides is 1. The zero-order valence-corrected chi connectivity index (χ0v) is 17.4. The molecule has 152 valence electrons. The maximum absolute atomic E-state index is 12.1. The first kappa shape index (κ1) is 20.7. The summed E-state index contributed by atoms with van der Waals surface area (Å²) in [7, 11) is -3.51. The van der Waals surface area contributed by atoms with Crippen LogP contribution in [0.15, 0.2) is 47.9 Å². The molecule has 0 fully saturated rings. The molecule has 0 radical (unpaired) electrons. The van der Waals surface area contributed by atoms with Crippen molar-refractivity contribution in [3.05, 3.63) is 70.4 Å². The van der Waals surface area contributed by atoms with Gasteiger partial charge in [-0.25, -0.2) is 17.8 Å². The van der Waals surface area contributed by atoms with Crippen molar-refractivity contribution in [1.29, 1.82) is 0 Å². The number of hydrogen-bond donors (Lipinski definition) is 2. The van der Waals surface area contributed by atoms with Crippen molar-refractivity contribution < 1.29 is 8.42 Å². The van der Waals surface area contributed by atoms with E-state index in [1.54, 1.807) is 16.8 Å². The number of nitrogens with zero attached hydrogens (tertiary/aromatic N) is 4. The average molecular weight is 413 g/mol. The fourth-order valence-electron chi connectivity index (χ4n) is 2.67. The van der Waals surface area contributed by atoms with Crippen LogP contribution < -0.4 is 10.0 Å². The molecular weight excluding hydrogens is 388 g/mol. The van der Waals surface area contributed by atoms with E-state index in [-0.39, 0.29) is 6.54 Å². The van der Waals surface area contributed by atoms with Crippen LogP contribution >= 0.6 is 0 Å². The van der Waals surface area contributed by atoms with Gasteiger partial charge in [-0.1, -0.05) is 29.8 Å². The Balaban J connectivity index is 1.48. The molecule has 0 spiro atoms. The highest BCUT2D eigenvalue weighted by atomic mass is 32.2. The van der Waals surface area contributed by atoms with E-state index in [2.05, 4.69) is 25.3 Å². The number of aromatic nitrogens is 4. The first-order valence-electron chi connectivity index (χ1n) is 9.18. The van der Waals surface area contributed by atoms with E-state index in [0.717, 1.165) is 22.5 Å². The van der Waals surface area contributed by atoms with Gasteiger partial charge in [0.05, 0.1) is 5.69 Å². The van der Waals surface area contributed by atoms with E-state index >= 15 is 0 Å². The van der Waals surface area contributed by atoms with Crippen LogP contribution in [0.3, 0.4) is 0 Å². The molecule has 0 bridgehead atoms. The van der Waals surface area contributed by atoms with Gasteiger partial charge in [-0.2, -0.15) is 5.10 Å². The molecule has 2 heterocycles. The third-order valence-corrected chi connectivity index (χ3v) is 5.23. The summed E-state index contributed by atoms with van der Waals surface area (Å²) in [6, 6.07) is 13.2. The number of aryl methyl sites for hydroxylation is 3. The monoisotopic (exact) mass is 412 g/mol. The van der Waals surface area contributed by atoms with Crippen molar-refractivity contribution in [3.8, 4) is 5.82 Å². The molecule has 0 amide bonds. The van der Waals surface area contributed by atoms with Gasteiger partial charge in [0, 0.05) is 24.2 Å². The summed E-state index contributed by atoms with van der Waals surface area (Å²) >= 11 is 0. The molecule has 3 aromatic rings. The Morgan fingerprint density at radius 1 is 1.00 bits per heavy atom. The van der Waals surface area contributed by atoms with Crippen LogP contribution in [-0.4, -0.2) is 41.5 Å². The molecule has 2 aromatic heterocycles. The Bertz CT molecular complexity index is 1090. The summed E-state index contributed by atoms with van der Waals surface area (Å²) in [6.07, 6.45) is 1.57. The van der Waals surface area contributed by atoms with Crippen LogP contribution in [0.25, 0.3) is 11.9 Å². The highest BCUT2D eigenvalue weighted by molar-refractivity contribution is 7.92. The Labute approximate surface area is 170 Å². The average Bonchev–Trinajstić information content (AvgIpc) is 3.03. The van der Waals surface area contributed by atoms with E-state index in [1.165, 1.54) is 5.41 Å². The second kappa shape index (κ2) is 8.97. The molecule has 0 unspecified atom stereocenters. The topological polar surface area (TPSA) is 102 Å². The summed E-state index contributed by atoms with van der Waals surface area (Å²) in [4.78, 5) is 0. The second-order valence-corrected chi connectivity index (χ2v) is 8.35. The molecular formula is C20H24N6O2S. The maximum Gasteiger partial charge on any atom is 0.233 e. The van der Waals surface area contributed by atoms with E-state index in [9.17, 15) is 8.42 Å². The van der Waals surface area contributed by atoms with Crippen LogP contribution in [0, 0.1) is 20.8 Å². The number of rotatable bonds is 8. The molecule has 0 aliphatic rings. The van der Waals surface area contributed by atoms with Crippen molar-refractivity contribution in [2.75, 3.05) is 18.4 Å². The molecule has 3 rings (SSSR count). The lowest BCUT2D eigenvalue weighted by atomic mass is 10.2. The Hall–Kier alpha value is -3.04. The summed E-state index contributed by atoms with van der Waals surface area (Å²) in [6.45, 7) is 6.46. The van der Waals surface area contributed by atoms with Crippen LogP contribution in [0.5, 0.6) is 0 Å². The molecule has 9 heteroatoms. The van der Waals surface area contributed by atoms with Gasteiger partial charge in [0.15, 0.2) is 5.82 Å². The SMILES string of the molecule is Cc1ccc(/C=C/S(=O)(=O)NCCNc2ccc(-n3nc(C)cc3C)nn2)cc1. The lowest BCUT2D eigenvalue weighted by molar-refractivity contribution is 0.592. The fraction of sp³-hybridized carbons (Fsp3) is 0.250. The molecule has 0 atom stereocenters. The minimum Gasteiger partial charge on any atom is -0.367 e. The molecule has 0 aliphatic heterocycles.